The first-order valence-electron chi connectivity index (χ1n) is 12.4. The van der Waals surface area contributed by atoms with E-state index >= 15 is 0 Å². The van der Waals surface area contributed by atoms with E-state index in [-0.39, 0.29) is 14.9 Å². The third kappa shape index (κ3) is 41.8. The predicted octanol–water partition coefficient (Wildman–Crippen LogP) is 12.0. The van der Waals surface area contributed by atoms with Gasteiger partial charge in [-0.15, -0.1) is 6.58 Å². The van der Waals surface area contributed by atoms with Gasteiger partial charge in [0.05, 0.1) is 0 Å². The lowest BCUT2D eigenvalue weighted by atomic mass is 9.94. The minimum absolute atomic E-state index is 0. The molecule has 0 aromatic rings. The number of rotatable bonds is 0. The molecule has 0 aromatic carbocycles. The fourth-order valence-corrected chi connectivity index (χ4v) is 2.53. The normalized spacial score (nSPS) is 16.9. The maximum atomic E-state index is 3.63. The van der Waals surface area contributed by atoms with Crippen molar-refractivity contribution < 1.29 is 0 Å². The van der Waals surface area contributed by atoms with E-state index in [4.69, 9.17) is 0 Å². The standard InChI is InChI=1S/C8H16.C8H14.C6H14.C6H12.2CH4/c2*1-2-4-6-8-7-5-3-1;2*1-5-6(2,3)4;;/h1-8H2;1-2H,3-8H2;5H2,1-4H3;5H,1H2,2-4H3;2*1H4. The Balaban J connectivity index is -0.000000149. The molecule has 184 valence electrons. The van der Waals surface area contributed by atoms with Gasteiger partial charge >= 0.3 is 0 Å². The van der Waals surface area contributed by atoms with Gasteiger partial charge in [-0.1, -0.05) is 152 Å². The molecule has 1 saturated carbocycles. The first-order valence-corrected chi connectivity index (χ1v) is 12.4. The van der Waals surface area contributed by atoms with Crippen molar-refractivity contribution in [3.63, 3.8) is 0 Å². The van der Waals surface area contributed by atoms with Crippen molar-refractivity contribution in [1.82, 2.24) is 0 Å². The van der Waals surface area contributed by atoms with Crippen LogP contribution < -0.4 is 0 Å². The molecule has 0 heterocycles. The van der Waals surface area contributed by atoms with Gasteiger partial charge in [-0.2, -0.15) is 0 Å². The van der Waals surface area contributed by atoms with Crippen LogP contribution in [0.2, 0.25) is 0 Å². The van der Waals surface area contributed by atoms with Gasteiger partial charge in [0, 0.05) is 0 Å². The summed E-state index contributed by atoms with van der Waals surface area (Å²) in [6, 6.07) is 0. The van der Waals surface area contributed by atoms with Crippen LogP contribution in [-0.2, 0) is 0 Å². The molecule has 0 amide bonds. The Morgan fingerprint density at radius 2 is 0.800 bits per heavy atom. The zero-order chi connectivity index (χ0) is 21.7. The van der Waals surface area contributed by atoms with E-state index < -0.39 is 0 Å². The molecule has 0 nitrogen and oxygen atoms in total. The largest absolute Gasteiger partial charge is 0.103 e. The van der Waals surface area contributed by atoms with Crippen molar-refractivity contribution in [3.05, 3.63) is 24.8 Å². The van der Waals surface area contributed by atoms with Crippen molar-refractivity contribution in [2.45, 2.75) is 160 Å². The quantitative estimate of drug-likeness (QED) is 0.339. The number of allylic oxidation sites excluding steroid dienone is 3. The van der Waals surface area contributed by atoms with Crippen molar-refractivity contribution in [2.24, 2.45) is 10.8 Å². The SMILES string of the molecule is C.C.C1=CCCCCCC1.C1CCCCCCC1.C=CC(C)(C)C.CCC(C)(C)C. The van der Waals surface area contributed by atoms with Gasteiger partial charge in [0.15, 0.2) is 0 Å². The van der Waals surface area contributed by atoms with Gasteiger partial charge in [0.2, 0.25) is 0 Å². The highest BCUT2D eigenvalue weighted by Gasteiger charge is 2.03. The van der Waals surface area contributed by atoms with Gasteiger partial charge in [0.25, 0.3) is 0 Å². The monoisotopic (exact) mass is 425 g/mol. The molecule has 0 atom stereocenters. The number of hydrogen-bond donors (Lipinski definition) is 0. The van der Waals surface area contributed by atoms with Crippen LogP contribution in [-0.4, -0.2) is 0 Å². The zero-order valence-electron chi connectivity index (χ0n) is 21.0. The molecule has 0 bridgehead atoms. The first-order chi connectivity index (χ1) is 13.1. The minimum Gasteiger partial charge on any atom is -0.103 e. The molecule has 0 saturated heterocycles. The second-order valence-electron chi connectivity index (χ2n) is 10.8. The van der Waals surface area contributed by atoms with E-state index in [0.29, 0.717) is 10.8 Å². The highest BCUT2D eigenvalue weighted by Crippen LogP contribution is 2.16. The van der Waals surface area contributed by atoms with E-state index in [9.17, 15) is 0 Å². The van der Waals surface area contributed by atoms with Crippen LogP contribution in [0.5, 0.6) is 0 Å². The molecular weight excluding hydrogens is 360 g/mol. The van der Waals surface area contributed by atoms with E-state index in [1.807, 2.05) is 6.08 Å². The van der Waals surface area contributed by atoms with E-state index in [0.717, 1.165) is 0 Å². The van der Waals surface area contributed by atoms with Crippen LogP contribution in [0.3, 0.4) is 0 Å². The summed E-state index contributed by atoms with van der Waals surface area (Å²) in [6.07, 6.45) is 28.2. The van der Waals surface area contributed by atoms with Gasteiger partial charge in [0.1, 0.15) is 0 Å². The minimum atomic E-state index is 0. The summed E-state index contributed by atoms with van der Waals surface area (Å²) < 4.78 is 0. The second kappa shape index (κ2) is 24.7. The third-order valence-corrected chi connectivity index (χ3v) is 5.33. The fourth-order valence-electron chi connectivity index (χ4n) is 2.53. The third-order valence-electron chi connectivity index (χ3n) is 5.33. The average molecular weight is 425 g/mol. The number of hydrogen-bond acceptors (Lipinski definition) is 0. The van der Waals surface area contributed by atoms with Gasteiger partial charge in [-0.05, 0) is 36.5 Å². The predicted molar refractivity (Wildman–Crippen MR) is 147 cm³/mol. The van der Waals surface area contributed by atoms with Crippen LogP contribution >= 0.6 is 0 Å². The molecule has 2 aliphatic rings. The van der Waals surface area contributed by atoms with Gasteiger partial charge < -0.3 is 0 Å². The van der Waals surface area contributed by atoms with Crippen LogP contribution in [0.25, 0.3) is 0 Å². The molecule has 0 N–H and O–H groups in total. The van der Waals surface area contributed by atoms with Gasteiger partial charge in [-0.3, -0.25) is 0 Å². The summed E-state index contributed by atoms with van der Waals surface area (Å²) in [5.41, 5.74) is 0.847. The summed E-state index contributed by atoms with van der Waals surface area (Å²) >= 11 is 0. The van der Waals surface area contributed by atoms with Crippen LogP contribution in [0, 0.1) is 10.8 Å². The Hall–Kier alpha value is -0.520. The molecule has 2 aliphatic carbocycles. The van der Waals surface area contributed by atoms with Gasteiger partial charge in [-0.25, -0.2) is 0 Å². The summed E-state index contributed by atoms with van der Waals surface area (Å²) in [5.74, 6) is 0. The van der Waals surface area contributed by atoms with E-state index in [2.05, 4.69) is 67.2 Å². The Bertz CT molecular complexity index is 300. The molecule has 1 fully saturated rings. The Kier molecular flexibility index (Phi) is 30.4. The highest BCUT2D eigenvalue weighted by atomic mass is 14.1. The Morgan fingerprint density at radius 1 is 0.600 bits per heavy atom. The van der Waals surface area contributed by atoms with Crippen LogP contribution in [0.15, 0.2) is 24.8 Å². The van der Waals surface area contributed by atoms with Crippen molar-refractivity contribution in [3.8, 4) is 0 Å². The molecule has 30 heavy (non-hydrogen) atoms. The van der Waals surface area contributed by atoms with Crippen molar-refractivity contribution >= 4 is 0 Å². The summed E-state index contributed by atoms with van der Waals surface area (Å²) in [5, 5.41) is 0. The van der Waals surface area contributed by atoms with Crippen LogP contribution in [0.1, 0.15) is 160 Å². The molecule has 0 unspecified atom stereocenters. The second-order valence-corrected chi connectivity index (χ2v) is 10.8. The van der Waals surface area contributed by atoms with Crippen LogP contribution in [0.4, 0.5) is 0 Å². The molecule has 0 spiro atoms. The van der Waals surface area contributed by atoms with Crippen molar-refractivity contribution in [2.75, 3.05) is 0 Å². The van der Waals surface area contributed by atoms with E-state index in [1.165, 1.54) is 96.3 Å². The van der Waals surface area contributed by atoms with E-state index in [1.54, 1.807) is 0 Å². The average Bonchev–Trinajstić information content (AvgIpc) is 2.54. The molecule has 0 aliphatic heterocycles. The Morgan fingerprint density at radius 3 is 0.967 bits per heavy atom. The maximum Gasteiger partial charge on any atom is -0.0206 e. The molecule has 0 heteroatoms. The smallest absolute Gasteiger partial charge is 0.0206 e. The van der Waals surface area contributed by atoms with Crippen molar-refractivity contribution in [1.29, 1.82) is 0 Å². The first kappa shape index (κ1) is 36.8. The molecule has 2 rings (SSSR count). The molecule has 0 radical (unpaired) electrons. The summed E-state index contributed by atoms with van der Waals surface area (Å²) in [7, 11) is 0. The Labute approximate surface area is 195 Å². The lowest BCUT2D eigenvalue weighted by Crippen LogP contribution is -2.00. The topological polar surface area (TPSA) is 0 Å². The lowest BCUT2D eigenvalue weighted by Gasteiger charge is -2.12. The molecule has 0 aromatic heterocycles. The maximum absolute atomic E-state index is 3.63. The highest BCUT2D eigenvalue weighted by molar-refractivity contribution is 4.83. The fraction of sp³-hybridized carbons (Fsp3) is 0.867. The molecular formula is C30H64. The summed E-state index contributed by atoms with van der Waals surface area (Å²) in [4.78, 5) is 0. The zero-order valence-corrected chi connectivity index (χ0v) is 21.0. The lowest BCUT2D eigenvalue weighted by molar-refractivity contribution is 0.398. The summed E-state index contributed by atoms with van der Waals surface area (Å²) in [6.45, 7) is 18.9.